The minimum absolute atomic E-state index is 0. The Morgan fingerprint density at radius 1 is 1.17 bits per heavy atom. The van der Waals surface area contributed by atoms with Gasteiger partial charge < -0.3 is 18.3 Å². The van der Waals surface area contributed by atoms with Crippen LogP contribution < -0.4 is 39.2 Å². The molecule has 0 radical (unpaired) electrons. The van der Waals surface area contributed by atoms with Crippen molar-refractivity contribution in [2.45, 2.75) is 0 Å². The molecule has 0 spiro atoms. The van der Waals surface area contributed by atoms with Crippen LogP contribution in [-0.4, -0.2) is 37.2 Å². The van der Waals surface area contributed by atoms with Crippen molar-refractivity contribution in [1.29, 1.82) is 0 Å². The van der Waals surface area contributed by atoms with Gasteiger partial charge in [0, 0.05) is 20.2 Å². The van der Waals surface area contributed by atoms with E-state index in [0.29, 0.717) is 5.56 Å². The van der Waals surface area contributed by atoms with Crippen LogP contribution in [0, 0.1) is 0 Å². The molecule has 3 rings (SSSR count). The Balaban J connectivity index is 0.00000300. The van der Waals surface area contributed by atoms with Gasteiger partial charge in [0.15, 0.2) is 11.2 Å². The van der Waals surface area contributed by atoms with E-state index in [-0.39, 0.29) is 68.7 Å². The van der Waals surface area contributed by atoms with E-state index >= 15 is 0 Å². The number of fused-ring (bicyclic) bond motifs is 1. The summed E-state index contributed by atoms with van der Waals surface area (Å²) in [5, 5.41) is 18.7. The number of phenols is 1. The van der Waals surface area contributed by atoms with Crippen molar-refractivity contribution in [2.24, 2.45) is 10.3 Å². The summed E-state index contributed by atoms with van der Waals surface area (Å²) in [7, 11) is -1.85. The first kappa shape index (κ1) is 22.8. The van der Waals surface area contributed by atoms with Crippen molar-refractivity contribution in [3.8, 4) is 22.6 Å². The van der Waals surface area contributed by atoms with Gasteiger partial charge in [0.25, 0.3) is 10.4 Å². The number of rotatable bonds is 5. The predicted molar refractivity (Wildman–Crippen MR) is 98.1 cm³/mol. The Kier molecular flexibility index (Phi) is 7.03. The van der Waals surface area contributed by atoms with E-state index in [1.165, 1.54) is 47.7 Å². The van der Waals surface area contributed by atoms with Gasteiger partial charge in [-0.15, -0.1) is 5.11 Å². The van der Waals surface area contributed by atoms with Crippen molar-refractivity contribution in [2.75, 3.05) is 14.1 Å². The topological polar surface area (TPSA) is 145 Å². The maximum Gasteiger partial charge on any atom is 1.00 e. The second-order valence-electron chi connectivity index (χ2n) is 5.87. The third kappa shape index (κ3) is 5.55. The first-order valence-corrected chi connectivity index (χ1v) is 9.10. The number of hydrogen-bond donors (Lipinski definition) is 1. The Hall–Kier alpha value is -2.44. The Labute approximate surface area is 187 Å². The quantitative estimate of drug-likeness (QED) is 0.190. The third-order valence-electron chi connectivity index (χ3n) is 3.55. The normalized spacial score (nSPS) is 11.4. The molecule has 0 aliphatic carbocycles. The summed E-state index contributed by atoms with van der Waals surface area (Å²) in [6.07, 6.45) is 1.21. The molecule has 0 amide bonds. The van der Waals surface area contributed by atoms with E-state index in [1.807, 2.05) is 0 Å². The van der Waals surface area contributed by atoms with Crippen molar-refractivity contribution in [3.05, 3.63) is 52.9 Å². The average molecular weight is 427 g/mol. The molecule has 0 fully saturated rings. The number of phenolic OH excluding ortho intramolecular Hbond substituents is 1. The van der Waals surface area contributed by atoms with Gasteiger partial charge in [0.1, 0.15) is 23.3 Å². The van der Waals surface area contributed by atoms with Crippen LogP contribution in [0.4, 0.5) is 5.69 Å². The molecule has 146 valence electrons. The van der Waals surface area contributed by atoms with Gasteiger partial charge in [-0.3, -0.25) is 9.80 Å². The summed E-state index contributed by atoms with van der Waals surface area (Å²) in [5.74, 6) is -0.380. The summed E-state index contributed by atoms with van der Waals surface area (Å²) in [4.78, 5) is 12.8. The molecular weight excluding hydrogens is 413 g/mol. The number of benzene rings is 2. The largest absolute Gasteiger partial charge is 1.00 e. The molecule has 10 nitrogen and oxygen atoms in total. The van der Waals surface area contributed by atoms with E-state index in [4.69, 9.17) is 4.42 Å². The second kappa shape index (κ2) is 8.93. The zero-order chi connectivity index (χ0) is 20.5. The molecule has 3 aromatic rings. The first-order valence-electron chi connectivity index (χ1n) is 7.77. The molecule has 0 aliphatic rings. The first-order chi connectivity index (χ1) is 13.1. The molecule has 0 bridgehead atoms. The molecule has 12 heteroatoms. The van der Waals surface area contributed by atoms with Crippen molar-refractivity contribution in [1.82, 2.24) is 5.01 Å². The van der Waals surface area contributed by atoms with E-state index in [9.17, 15) is 22.9 Å². The number of hydrogen-bond acceptors (Lipinski definition) is 9. The van der Waals surface area contributed by atoms with Crippen LogP contribution >= 0.6 is 0 Å². The molecule has 0 aliphatic heterocycles. The molecule has 29 heavy (non-hydrogen) atoms. The average Bonchev–Trinajstić information content (AvgIpc) is 2.60. The summed E-state index contributed by atoms with van der Waals surface area (Å²) < 4.78 is 42.6. The summed E-state index contributed by atoms with van der Waals surface area (Å²) >= 11 is 0. The maximum absolute atomic E-state index is 12.8. The van der Waals surface area contributed by atoms with Gasteiger partial charge in [0.2, 0.25) is 0 Å². The number of nitrogens with zero attached hydrogens (tertiary/aromatic N) is 3. The van der Waals surface area contributed by atoms with Crippen LogP contribution in [-0.2, 0) is 10.4 Å². The fraction of sp³-hybridized carbons (Fsp3) is 0.118. The Morgan fingerprint density at radius 2 is 1.90 bits per heavy atom. The molecule has 2 aromatic carbocycles. The Bertz CT molecular complexity index is 1240. The fourth-order valence-electron chi connectivity index (χ4n) is 2.40. The van der Waals surface area contributed by atoms with Gasteiger partial charge in [-0.2, -0.15) is 0 Å². The fourth-order valence-corrected chi connectivity index (χ4v) is 2.76. The monoisotopic (exact) mass is 427 g/mol. The van der Waals surface area contributed by atoms with Crippen LogP contribution in [0.25, 0.3) is 22.1 Å². The van der Waals surface area contributed by atoms with Gasteiger partial charge in [-0.25, -0.2) is 8.42 Å². The van der Waals surface area contributed by atoms with Gasteiger partial charge in [-0.05, 0) is 29.8 Å². The third-order valence-corrected chi connectivity index (χ3v) is 3.94. The van der Waals surface area contributed by atoms with E-state index in [0.717, 1.165) is 0 Å². The van der Waals surface area contributed by atoms with Crippen molar-refractivity contribution in [3.63, 3.8) is 0 Å². The van der Waals surface area contributed by atoms with Gasteiger partial charge in [0.05, 0.1) is 10.9 Å². The van der Waals surface area contributed by atoms with Crippen LogP contribution in [0.15, 0.2) is 62.2 Å². The standard InChI is InChI=1S/C17H15N3O7S.Na/c1-20(2)19-18-14-7-10(3-6-15(14)27-28(23,24)25)13-9-26-16-8-11(21)4-5-12(16)17(13)22;/h3-9,21H,1-2H3,(H,23,24,25);/q;+1/p-1. The van der Waals surface area contributed by atoms with Gasteiger partial charge >= 0.3 is 29.6 Å². The molecule has 0 saturated heterocycles. The summed E-state index contributed by atoms with van der Waals surface area (Å²) in [6, 6.07) is 8.01. The minimum Gasteiger partial charge on any atom is -0.716 e. The van der Waals surface area contributed by atoms with Crippen LogP contribution in [0.1, 0.15) is 0 Å². The SMILES string of the molecule is CN(C)N=Nc1cc(-c2coc3cc(O)ccc3c2=O)ccc1OS(=O)(=O)[O-].[Na+]. The smallest absolute Gasteiger partial charge is 0.716 e. The molecular formula is C17H14N3NaO7S. The number of aromatic hydroxyl groups is 1. The Morgan fingerprint density at radius 3 is 2.55 bits per heavy atom. The molecule has 1 aromatic heterocycles. The van der Waals surface area contributed by atoms with Crippen LogP contribution in [0.3, 0.4) is 0 Å². The zero-order valence-corrected chi connectivity index (χ0v) is 18.5. The second-order valence-corrected chi connectivity index (χ2v) is 6.85. The van der Waals surface area contributed by atoms with E-state index in [2.05, 4.69) is 14.5 Å². The van der Waals surface area contributed by atoms with E-state index in [1.54, 1.807) is 14.1 Å². The molecule has 0 atom stereocenters. The van der Waals surface area contributed by atoms with Gasteiger partial charge in [-0.1, -0.05) is 11.3 Å². The van der Waals surface area contributed by atoms with Crippen molar-refractivity contribution >= 4 is 27.1 Å². The molecule has 0 saturated carbocycles. The minimum atomic E-state index is -5.03. The van der Waals surface area contributed by atoms with Crippen molar-refractivity contribution < 1.29 is 56.2 Å². The molecule has 0 unspecified atom stereocenters. The van der Waals surface area contributed by atoms with Crippen LogP contribution in [0.2, 0.25) is 0 Å². The van der Waals surface area contributed by atoms with E-state index < -0.39 is 10.4 Å². The molecule has 1 heterocycles. The summed E-state index contributed by atoms with van der Waals surface area (Å²) in [6.45, 7) is 0. The maximum atomic E-state index is 12.8. The summed E-state index contributed by atoms with van der Waals surface area (Å²) in [5.41, 5.74) is 0.263. The van der Waals surface area contributed by atoms with Crippen LogP contribution in [0.5, 0.6) is 11.5 Å². The predicted octanol–water partition coefficient (Wildman–Crippen LogP) is -0.431. The zero-order valence-electron chi connectivity index (χ0n) is 15.7. The molecule has 1 N–H and O–H groups in total.